The van der Waals surface area contributed by atoms with Crippen LogP contribution in [0.25, 0.3) is 0 Å². The van der Waals surface area contributed by atoms with E-state index in [1.54, 1.807) is 13.8 Å². The highest BCUT2D eigenvalue weighted by atomic mass is 79.9. The maximum Gasteiger partial charge on any atom is 0.261 e. The van der Waals surface area contributed by atoms with Crippen LogP contribution in [0.4, 0.5) is 0 Å². The van der Waals surface area contributed by atoms with Crippen molar-refractivity contribution < 1.29 is 13.2 Å². The molecule has 18 heavy (non-hydrogen) atoms. The summed E-state index contributed by atoms with van der Waals surface area (Å²) in [6.45, 7) is 3.13. The number of nitrogens with zero attached hydrogens (tertiary/aromatic N) is 3. The average molecular weight is 340 g/mol. The molecule has 10 heteroatoms. The second-order valence-electron chi connectivity index (χ2n) is 4.44. The molecule has 1 rings (SSSR count). The van der Waals surface area contributed by atoms with E-state index >= 15 is 0 Å². The summed E-state index contributed by atoms with van der Waals surface area (Å²) in [4.78, 5) is 10.9. The van der Waals surface area contributed by atoms with E-state index < -0.39 is 21.5 Å². The Morgan fingerprint density at radius 1 is 1.56 bits per heavy atom. The molecule has 0 aliphatic carbocycles. The second-order valence-corrected chi connectivity index (χ2v) is 6.79. The lowest BCUT2D eigenvalue weighted by atomic mass is 10.0. The lowest BCUT2D eigenvalue weighted by Gasteiger charge is -2.24. The van der Waals surface area contributed by atoms with Crippen molar-refractivity contribution in [3.63, 3.8) is 0 Å². The number of rotatable bonds is 5. The summed E-state index contributed by atoms with van der Waals surface area (Å²) in [7, 11) is -2.40. The zero-order valence-electron chi connectivity index (χ0n) is 10.1. The van der Waals surface area contributed by atoms with Crippen LogP contribution in [0.2, 0.25) is 0 Å². The van der Waals surface area contributed by atoms with Gasteiger partial charge in [-0.3, -0.25) is 4.79 Å². The number of nitrogens with one attached hydrogen (secondary N) is 1. The quantitative estimate of drug-likeness (QED) is 0.749. The third-order valence-corrected chi connectivity index (χ3v) is 4.60. The molecule has 8 nitrogen and oxygen atoms in total. The molecule has 3 N–H and O–H groups in total. The summed E-state index contributed by atoms with van der Waals surface area (Å²) < 4.78 is 27.9. The second kappa shape index (κ2) is 4.94. The third kappa shape index (κ3) is 3.50. The van der Waals surface area contributed by atoms with Gasteiger partial charge in [0.15, 0.2) is 4.60 Å². The van der Waals surface area contributed by atoms with E-state index in [1.807, 2.05) is 0 Å². The van der Waals surface area contributed by atoms with Gasteiger partial charge in [0.2, 0.25) is 10.9 Å². The van der Waals surface area contributed by atoms with Crippen molar-refractivity contribution in [2.75, 3.05) is 0 Å². The van der Waals surface area contributed by atoms with E-state index in [0.717, 1.165) is 4.68 Å². The van der Waals surface area contributed by atoms with E-state index in [-0.39, 0.29) is 16.0 Å². The Morgan fingerprint density at radius 3 is 2.50 bits per heavy atom. The minimum atomic E-state index is -3.85. The van der Waals surface area contributed by atoms with Crippen LogP contribution < -0.4 is 10.5 Å². The summed E-state index contributed by atoms with van der Waals surface area (Å²) in [5.41, 5.74) is 4.07. The molecule has 0 bridgehead atoms. The smallest absolute Gasteiger partial charge is 0.261 e. The molecule has 0 fully saturated rings. The van der Waals surface area contributed by atoms with Crippen molar-refractivity contribution >= 4 is 31.9 Å². The fourth-order valence-corrected chi connectivity index (χ4v) is 4.00. The maximum absolute atomic E-state index is 12.1. The van der Waals surface area contributed by atoms with Gasteiger partial charge in [0.25, 0.3) is 10.0 Å². The molecule has 0 aromatic carbocycles. The number of carbonyl (C=O) groups is 1. The molecule has 0 unspecified atom stereocenters. The summed E-state index contributed by atoms with van der Waals surface area (Å²) in [5, 5.41) is 7.06. The molecule has 1 amide bonds. The fraction of sp³-hybridized carbons (Fsp3) is 0.625. The molecule has 0 spiro atoms. The Kier molecular flexibility index (Phi) is 4.13. The zero-order valence-corrected chi connectivity index (χ0v) is 12.5. The number of amides is 1. The number of hydrogen-bond acceptors (Lipinski definition) is 5. The summed E-state index contributed by atoms with van der Waals surface area (Å²) >= 11 is 3.01. The first kappa shape index (κ1) is 15.1. The van der Waals surface area contributed by atoms with Crippen LogP contribution in [-0.4, -0.2) is 34.9 Å². The molecule has 0 aliphatic heterocycles. The van der Waals surface area contributed by atoms with Crippen molar-refractivity contribution in [2.24, 2.45) is 12.8 Å². The van der Waals surface area contributed by atoms with Gasteiger partial charge in [0.05, 0.1) is 0 Å². The molecule has 1 heterocycles. The number of nitrogens with two attached hydrogens (primary N) is 1. The minimum Gasteiger partial charge on any atom is -0.370 e. The lowest BCUT2D eigenvalue weighted by Crippen LogP contribution is -2.46. The van der Waals surface area contributed by atoms with Gasteiger partial charge < -0.3 is 5.73 Å². The average Bonchev–Trinajstić information content (AvgIpc) is 2.41. The molecule has 1 aromatic heterocycles. The zero-order chi connectivity index (χ0) is 14.1. The van der Waals surface area contributed by atoms with Crippen LogP contribution in [0.15, 0.2) is 9.63 Å². The van der Waals surface area contributed by atoms with Gasteiger partial charge >= 0.3 is 0 Å². The minimum absolute atomic E-state index is 0.104. The predicted molar refractivity (Wildman–Crippen MR) is 66.9 cm³/mol. The number of hydrogen-bond donors (Lipinski definition) is 2. The van der Waals surface area contributed by atoms with Crippen molar-refractivity contribution in [3.05, 3.63) is 4.60 Å². The Hall–Kier alpha value is -1.00. The summed E-state index contributed by atoms with van der Waals surface area (Å²) in [5.74, 6) is -0.593. The van der Waals surface area contributed by atoms with Crippen molar-refractivity contribution in [1.29, 1.82) is 0 Å². The van der Waals surface area contributed by atoms with E-state index in [4.69, 9.17) is 5.73 Å². The van der Waals surface area contributed by atoms with Gasteiger partial charge in [0, 0.05) is 19.0 Å². The molecular formula is C8H14BrN5O3S. The van der Waals surface area contributed by atoms with Gasteiger partial charge in [-0.25, -0.2) is 17.8 Å². The van der Waals surface area contributed by atoms with Crippen LogP contribution in [-0.2, 0) is 21.9 Å². The van der Waals surface area contributed by atoms with Gasteiger partial charge in [-0.05, 0) is 29.8 Å². The third-order valence-electron chi connectivity index (χ3n) is 2.02. The van der Waals surface area contributed by atoms with Gasteiger partial charge in [0.1, 0.15) is 0 Å². The monoisotopic (exact) mass is 339 g/mol. The maximum atomic E-state index is 12.1. The van der Waals surface area contributed by atoms with Crippen LogP contribution in [0, 0.1) is 0 Å². The number of aryl methyl sites for hydroxylation is 1. The summed E-state index contributed by atoms with van der Waals surface area (Å²) in [6.07, 6.45) is -0.116. The van der Waals surface area contributed by atoms with Gasteiger partial charge in [-0.2, -0.15) is 0 Å². The van der Waals surface area contributed by atoms with Crippen molar-refractivity contribution in [1.82, 2.24) is 19.7 Å². The number of primary amides is 1. The van der Waals surface area contributed by atoms with E-state index in [2.05, 4.69) is 31.0 Å². The Balaban J connectivity index is 3.07. The predicted octanol–water partition coefficient (Wildman–Crippen LogP) is -0.490. The largest absolute Gasteiger partial charge is 0.370 e. The normalized spacial score (nSPS) is 12.7. The number of carbonyl (C=O) groups excluding carboxylic acids is 1. The Morgan fingerprint density at radius 2 is 2.11 bits per heavy atom. The SMILES string of the molecule is Cn1nnc(Br)c1S(=O)(=O)NC(C)(C)CC(N)=O. The van der Waals surface area contributed by atoms with E-state index in [9.17, 15) is 13.2 Å². The first-order valence-electron chi connectivity index (χ1n) is 4.92. The molecule has 0 atom stereocenters. The van der Waals surface area contributed by atoms with Crippen LogP contribution in [0.3, 0.4) is 0 Å². The topological polar surface area (TPSA) is 120 Å². The first-order valence-corrected chi connectivity index (χ1v) is 7.20. The standard InChI is InChI=1S/C8H14BrN5O3S/c1-8(2,4-5(10)15)12-18(16,17)7-6(9)11-13-14(7)3/h12H,4H2,1-3H3,(H2,10,15). The van der Waals surface area contributed by atoms with Crippen LogP contribution in [0.1, 0.15) is 20.3 Å². The van der Waals surface area contributed by atoms with E-state index in [0.29, 0.717) is 0 Å². The molecule has 0 aliphatic rings. The van der Waals surface area contributed by atoms with Crippen LogP contribution in [0.5, 0.6) is 0 Å². The van der Waals surface area contributed by atoms with Crippen LogP contribution >= 0.6 is 15.9 Å². The highest BCUT2D eigenvalue weighted by Gasteiger charge is 2.31. The molecule has 0 radical (unpaired) electrons. The fourth-order valence-electron chi connectivity index (χ4n) is 1.49. The number of halogens is 1. The molecule has 102 valence electrons. The Bertz CT molecular complexity index is 546. The highest BCUT2D eigenvalue weighted by molar-refractivity contribution is 9.10. The van der Waals surface area contributed by atoms with Crippen molar-refractivity contribution in [2.45, 2.75) is 30.8 Å². The van der Waals surface area contributed by atoms with Crippen molar-refractivity contribution in [3.8, 4) is 0 Å². The molecule has 0 saturated heterocycles. The lowest BCUT2D eigenvalue weighted by molar-refractivity contribution is -0.119. The van der Waals surface area contributed by atoms with Gasteiger partial charge in [-0.15, -0.1) is 5.10 Å². The molecular weight excluding hydrogens is 326 g/mol. The highest BCUT2D eigenvalue weighted by Crippen LogP contribution is 2.20. The molecule has 1 aromatic rings. The Labute approximate surface area is 113 Å². The molecule has 0 saturated carbocycles. The van der Waals surface area contributed by atoms with Gasteiger partial charge in [-0.1, -0.05) is 5.21 Å². The number of sulfonamides is 1. The summed E-state index contributed by atoms with van der Waals surface area (Å²) in [6, 6.07) is 0. The first-order chi connectivity index (χ1) is 8.05. The number of aromatic nitrogens is 3. The van der Waals surface area contributed by atoms with E-state index in [1.165, 1.54) is 7.05 Å².